The standard InChI is InChI=1S/C19H23AsFN5S/c20-19-24-17(26-11-9-22-10-12-26)16-18(25-19)27-15(23-16)4-2-1-3-13-5-7-14(21)8-6-13/h5-8,22H,1-4,9-12,20H2. The van der Waals surface area contributed by atoms with E-state index in [0.717, 1.165) is 77.6 Å². The summed E-state index contributed by atoms with van der Waals surface area (Å²) in [4.78, 5) is 17.5. The maximum absolute atomic E-state index is 13.0. The Labute approximate surface area is 170 Å². The minimum atomic E-state index is -0.175. The van der Waals surface area contributed by atoms with Crippen LogP contribution < -0.4 is 14.8 Å². The summed E-state index contributed by atoms with van der Waals surface area (Å²) in [7, 11) is 0. The van der Waals surface area contributed by atoms with Gasteiger partial charge in [0.2, 0.25) is 0 Å². The molecule has 142 valence electrons. The molecule has 0 radical (unpaired) electrons. The number of nitrogens with one attached hydrogen (secondary N) is 1. The first-order valence-electron chi connectivity index (χ1n) is 9.32. The predicted octanol–water partition coefficient (Wildman–Crippen LogP) is 1.46. The Balaban J connectivity index is 1.42. The summed E-state index contributed by atoms with van der Waals surface area (Å²) in [6.45, 7) is 3.89. The predicted molar refractivity (Wildman–Crippen MR) is 112 cm³/mol. The number of rotatable bonds is 6. The summed E-state index contributed by atoms with van der Waals surface area (Å²) in [6, 6.07) is 6.80. The van der Waals surface area contributed by atoms with Crippen molar-refractivity contribution in [2.75, 3.05) is 31.1 Å². The number of fused-ring (bicyclic) bond motifs is 1. The van der Waals surface area contributed by atoms with Crippen LogP contribution in [0.1, 0.15) is 23.4 Å². The van der Waals surface area contributed by atoms with Crippen molar-refractivity contribution in [3.05, 3.63) is 40.7 Å². The third-order valence-electron chi connectivity index (χ3n) is 4.74. The molecule has 1 unspecified atom stereocenters. The molecule has 3 aromatic rings. The Morgan fingerprint density at radius 2 is 1.78 bits per heavy atom. The Morgan fingerprint density at radius 1 is 1.04 bits per heavy atom. The van der Waals surface area contributed by atoms with Crippen molar-refractivity contribution in [2.24, 2.45) is 0 Å². The maximum atomic E-state index is 13.0. The monoisotopic (exact) mass is 447 g/mol. The normalized spacial score (nSPS) is 14.8. The first kappa shape index (κ1) is 18.8. The van der Waals surface area contributed by atoms with E-state index in [9.17, 15) is 4.39 Å². The number of aromatic nitrogens is 3. The van der Waals surface area contributed by atoms with Gasteiger partial charge in [-0.15, -0.1) is 0 Å². The van der Waals surface area contributed by atoms with E-state index < -0.39 is 0 Å². The number of hydrogen-bond acceptors (Lipinski definition) is 6. The van der Waals surface area contributed by atoms with Gasteiger partial charge in [0.15, 0.2) is 0 Å². The van der Waals surface area contributed by atoms with E-state index in [0.29, 0.717) is 0 Å². The van der Waals surface area contributed by atoms with Crippen molar-refractivity contribution >= 4 is 49.0 Å². The van der Waals surface area contributed by atoms with Crippen LogP contribution in [0.4, 0.5) is 10.2 Å². The van der Waals surface area contributed by atoms with Gasteiger partial charge < -0.3 is 0 Å². The molecule has 1 N–H and O–H groups in total. The molecule has 0 aliphatic carbocycles. The Kier molecular flexibility index (Phi) is 6.01. The summed E-state index contributed by atoms with van der Waals surface area (Å²) < 4.78 is 13.8. The SMILES string of the molecule is Fc1ccc(CCCCc2nc3c(N4CCNCC4)nc([AsH2])nc3s2)cc1. The zero-order valence-corrected chi connectivity index (χ0v) is 18.4. The van der Waals surface area contributed by atoms with Crippen molar-refractivity contribution < 1.29 is 4.39 Å². The quantitative estimate of drug-likeness (QED) is 0.458. The van der Waals surface area contributed by atoms with Gasteiger partial charge in [-0.05, 0) is 0 Å². The second-order valence-electron chi connectivity index (χ2n) is 6.74. The molecule has 1 saturated heterocycles. The third-order valence-corrected chi connectivity index (χ3v) is 6.29. The minimum absolute atomic E-state index is 0.175. The fraction of sp³-hybridized carbons (Fsp3) is 0.421. The second-order valence-corrected chi connectivity index (χ2v) is 8.88. The van der Waals surface area contributed by atoms with Crippen LogP contribution in [-0.2, 0) is 12.8 Å². The van der Waals surface area contributed by atoms with E-state index in [1.807, 2.05) is 12.1 Å². The molecule has 3 heterocycles. The summed E-state index contributed by atoms with van der Waals surface area (Å²) in [5, 5.41) is 4.52. The van der Waals surface area contributed by atoms with Crippen LogP contribution in [0.25, 0.3) is 10.3 Å². The van der Waals surface area contributed by atoms with Gasteiger partial charge >= 0.3 is 161 Å². The molecule has 1 atom stereocenters. The number of benzene rings is 1. The number of aryl methyl sites for hydroxylation is 2. The number of hydrogen-bond donors (Lipinski definition) is 1. The number of anilines is 1. The topological polar surface area (TPSA) is 53.9 Å². The fourth-order valence-corrected chi connectivity index (χ4v) is 5.03. The van der Waals surface area contributed by atoms with Gasteiger partial charge in [0.05, 0.1) is 0 Å². The summed E-state index contributed by atoms with van der Waals surface area (Å²) in [5.74, 6) is 0.820. The van der Waals surface area contributed by atoms with Gasteiger partial charge in [-0.2, -0.15) is 0 Å². The number of thiazole rings is 1. The van der Waals surface area contributed by atoms with E-state index in [4.69, 9.17) is 9.97 Å². The average molecular weight is 447 g/mol. The Hall–Kier alpha value is -1.56. The Morgan fingerprint density at radius 3 is 2.56 bits per heavy atom. The first-order chi connectivity index (χ1) is 13.2. The van der Waals surface area contributed by atoms with Crippen molar-refractivity contribution in [1.29, 1.82) is 0 Å². The zero-order chi connectivity index (χ0) is 18.6. The molecule has 5 nitrogen and oxygen atoms in total. The van der Waals surface area contributed by atoms with Crippen LogP contribution in [0.3, 0.4) is 0 Å². The molecule has 8 heteroatoms. The van der Waals surface area contributed by atoms with Gasteiger partial charge in [-0.1, -0.05) is 0 Å². The van der Waals surface area contributed by atoms with Crippen molar-refractivity contribution in [3.8, 4) is 0 Å². The Bertz CT molecular complexity index is 908. The molecule has 0 saturated carbocycles. The van der Waals surface area contributed by atoms with Gasteiger partial charge in [-0.25, -0.2) is 4.39 Å². The molecule has 2 aromatic heterocycles. The van der Waals surface area contributed by atoms with E-state index in [-0.39, 0.29) is 5.82 Å². The number of nitrogens with zero attached hydrogens (tertiary/aromatic N) is 4. The second kappa shape index (κ2) is 8.63. The third kappa shape index (κ3) is 4.65. The molecule has 0 spiro atoms. The van der Waals surface area contributed by atoms with Crippen LogP contribution >= 0.6 is 11.3 Å². The van der Waals surface area contributed by atoms with Gasteiger partial charge in [-0.3, -0.25) is 0 Å². The first-order valence-corrected chi connectivity index (χ1v) is 11.3. The van der Waals surface area contributed by atoms with E-state index in [1.54, 1.807) is 11.3 Å². The number of unbranched alkanes of at least 4 members (excludes halogenated alkanes) is 1. The molecule has 0 amide bonds. The molecule has 1 fully saturated rings. The van der Waals surface area contributed by atoms with Crippen LogP contribution in [0.15, 0.2) is 24.3 Å². The van der Waals surface area contributed by atoms with Gasteiger partial charge in [0, 0.05) is 0 Å². The van der Waals surface area contributed by atoms with Crippen LogP contribution in [0.2, 0.25) is 0 Å². The molecular weight excluding hydrogens is 424 g/mol. The summed E-state index contributed by atoms with van der Waals surface area (Å²) in [5.41, 5.74) is 2.14. The van der Waals surface area contributed by atoms with Crippen LogP contribution in [0.5, 0.6) is 0 Å². The van der Waals surface area contributed by atoms with Gasteiger partial charge in [0.25, 0.3) is 0 Å². The van der Waals surface area contributed by atoms with Crippen molar-refractivity contribution in [3.63, 3.8) is 0 Å². The average Bonchev–Trinajstić information content (AvgIpc) is 3.09. The molecule has 0 bridgehead atoms. The summed E-state index contributed by atoms with van der Waals surface area (Å²) in [6.07, 6.45) is 4.06. The molecule has 27 heavy (non-hydrogen) atoms. The molecule has 1 aliphatic rings. The van der Waals surface area contributed by atoms with E-state index >= 15 is 0 Å². The summed E-state index contributed by atoms with van der Waals surface area (Å²) >= 11 is 3.15. The number of piperazine rings is 1. The van der Waals surface area contributed by atoms with Crippen molar-refractivity contribution in [1.82, 2.24) is 20.3 Å². The van der Waals surface area contributed by atoms with Crippen LogP contribution in [-0.4, -0.2) is 58.0 Å². The molecule has 1 aromatic carbocycles. The molecule has 4 rings (SSSR count). The zero-order valence-electron chi connectivity index (χ0n) is 15.1. The van der Waals surface area contributed by atoms with Gasteiger partial charge in [0.1, 0.15) is 5.82 Å². The number of halogens is 1. The molecule has 1 aliphatic heterocycles. The fourth-order valence-electron chi connectivity index (χ4n) is 3.33. The van der Waals surface area contributed by atoms with E-state index in [2.05, 4.69) is 15.2 Å². The van der Waals surface area contributed by atoms with Crippen LogP contribution in [0, 0.1) is 5.82 Å². The van der Waals surface area contributed by atoms with Crippen molar-refractivity contribution in [2.45, 2.75) is 25.7 Å². The van der Waals surface area contributed by atoms with E-state index in [1.165, 1.54) is 34.5 Å². The molecular formula is C19H23AsFN5S.